The van der Waals surface area contributed by atoms with Crippen LogP contribution in [0.25, 0.3) is 0 Å². The van der Waals surface area contributed by atoms with Crippen molar-refractivity contribution < 1.29 is 19.8 Å². The zero-order valence-corrected chi connectivity index (χ0v) is 9.87. The van der Waals surface area contributed by atoms with E-state index < -0.39 is 11.9 Å². The summed E-state index contributed by atoms with van der Waals surface area (Å²) in [5.74, 6) is -1.70. The predicted octanol–water partition coefficient (Wildman–Crippen LogP) is 0.659. The summed E-state index contributed by atoms with van der Waals surface area (Å²) in [6.45, 7) is 0.316. The molecule has 1 aromatic rings. The van der Waals surface area contributed by atoms with Crippen LogP contribution < -0.4 is 4.90 Å². The fourth-order valence-electron chi connectivity index (χ4n) is 2.09. The largest absolute Gasteiger partial charge is 0.481 e. The maximum Gasteiger partial charge on any atom is 0.308 e. The first-order chi connectivity index (χ1) is 8.61. The summed E-state index contributed by atoms with van der Waals surface area (Å²) in [7, 11) is 0. The van der Waals surface area contributed by atoms with E-state index in [9.17, 15) is 9.59 Å². The molecule has 5 nitrogen and oxygen atoms in total. The van der Waals surface area contributed by atoms with Gasteiger partial charge in [0, 0.05) is 25.3 Å². The topological polar surface area (TPSA) is 77.8 Å². The maximum atomic E-state index is 11.7. The number of rotatable bonds is 4. The van der Waals surface area contributed by atoms with Gasteiger partial charge in [0.05, 0.1) is 5.92 Å². The summed E-state index contributed by atoms with van der Waals surface area (Å²) in [5, 5.41) is 17.7. The van der Waals surface area contributed by atoms with Crippen molar-refractivity contribution in [2.75, 3.05) is 18.1 Å². The second-order valence-electron chi connectivity index (χ2n) is 4.38. The third-order valence-corrected chi connectivity index (χ3v) is 3.12. The number of carbonyl (C=O) groups excluding carboxylic acids is 1. The highest BCUT2D eigenvalue weighted by Crippen LogP contribution is 2.25. The lowest BCUT2D eigenvalue weighted by Gasteiger charge is -2.16. The fraction of sp³-hybridized carbons (Fsp3) is 0.385. The lowest BCUT2D eigenvalue weighted by molar-refractivity contribution is -0.141. The molecule has 96 valence electrons. The Bertz CT molecular complexity index is 455. The normalized spacial score (nSPS) is 19.3. The van der Waals surface area contributed by atoms with E-state index in [1.807, 2.05) is 12.1 Å². The zero-order valence-electron chi connectivity index (χ0n) is 9.87. The van der Waals surface area contributed by atoms with Gasteiger partial charge >= 0.3 is 5.97 Å². The van der Waals surface area contributed by atoms with Gasteiger partial charge in [0.2, 0.25) is 5.91 Å². The molecule has 1 amide bonds. The van der Waals surface area contributed by atoms with Crippen LogP contribution in [-0.2, 0) is 16.0 Å². The number of hydrogen-bond acceptors (Lipinski definition) is 3. The number of aliphatic carboxylic acids is 1. The SMILES string of the molecule is O=C(O)C1CC(=O)N(c2ccc(CCO)cc2)C1. The molecule has 0 bridgehead atoms. The number of benzene rings is 1. The molecule has 0 spiro atoms. The molecule has 2 rings (SSSR count). The zero-order chi connectivity index (χ0) is 13.1. The number of carbonyl (C=O) groups is 2. The Hall–Kier alpha value is -1.88. The monoisotopic (exact) mass is 249 g/mol. The molecule has 0 aliphatic carbocycles. The van der Waals surface area contributed by atoms with E-state index in [1.54, 1.807) is 12.1 Å². The molecular formula is C13H15NO4. The van der Waals surface area contributed by atoms with Gasteiger partial charge < -0.3 is 15.1 Å². The summed E-state index contributed by atoms with van der Waals surface area (Å²) in [4.78, 5) is 24.1. The first-order valence-electron chi connectivity index (χ1n) is 5.85. The molecule has 1 heterocycles. The first kappa shape index (κ1) is 12.6. The number of amides is 1. The second kappa shape index (κ2) is 5.18. The fourth-order valence-corrected chi connectivity index (χ4v) is 2.09. The third-order valence-electron chi connectivity index (χ3n) is 3.12. The molecule has 1 saturated heterocycles. The van der Waals surface area contributed by atoms with E-state index in [1.165, 1.54) is 4.90 Å². The molecule has 18 heavy (non-hydrogen) atoms. The van der Waals surface area contributed by atoms with Crippen molar-refractivity contribution in [1.29, 1.82) is 0 Å². The van der Waals surface area contributed by atoms with E-state index in [2.05, 4.69) is 0 Å². The second-order valence-corrected chi connectivity index (χ2v) is 4.38. The molecule has 1 aliphatic heterocycles. The van der Waals surface area contributed by atoms with Gasteiger partial charge in [-0.2, -0.15) is 0 Å². The van der Waals surface area contributed by atoms with Crippen LogP contribution in [0, 0.1) is 5.92 Å². The van der Waals surface area contributed by atoms with E-state index >= 15 is 0 Å². The summed E-state index contributed by atoms with van der Waals surface area (Å²) in [5.41, 5.74) is 1.70. The van der Waals surface area contributed by atoms with Gasteiger partial charge in [-0.1, -0.05) is 12.1 Å². The molecular weight excluding hydrogens is 234 g/mol. The van der Waals surface area contributed by atoms with Crippen molar-refractivity contribution in [3.05, 3.63) is 29.8 Å². The molecule has 0 saturated carbocycles. The van der Waals surface area contributed by atoms with Crippen molar-refractivity contribution in [2.24, 2.45) is 5.92 Å². The number of carboxylic acid groups (broad SMARTS) is 1. The smallest absolute Gasteiger partial charge is 0.308 e. The van der Waals surface area contributed by atoms with Crippen molar-refractivity contribution in [3.8, 4) is 0 Å². The van der Waals surface area contributed by atoms with Gasteiger partial charge in [0.15, 0.2) is 0 Å². The molecule has 1 fully saturated rings. The molecule has 5 heteroatoms. The standard InChI is InChI=1S/C13H15NO4/c15-6-5-9-1-3-11(4-2-9)14-8-10(13(17)18)7-12(14)16/h1-4,10,15H,5-8H2,(H,17,18). The average molecular weight is 249 g/mol. The summed E-state index contributed by atoms with van der Waals surface area (Å²) < 4.78 is 0. The predicted molar refractivity (Wildman–Crippen MR) is 65.3 cm³/mol. The van der Waals surface area contributed by atoms with Gasteiger partial charge in [0.1, 0.15) is 0 Å². The van der Waals surface area contributed by atoms with Crippen molar-refractivity contribution >= 4 is 17.6 Å². The minimum atomic E-state index is -0.928. The number of aliphatic hydroxyl groups excluding tert-OH is 1. The summed E-state index contributed by atoms with van der Waals surface area (Å²) >= 11 is 0. The Morgan fingerprint density at radius 2 is 2.00 bits per heavy atom. The Balaban J connectivity index is 2.12. The van der Waals surface area contributed by atoms with Crippen LogP contribution in [-0.4, -0.2) is 35.2 Å². The molecule has 1 aromatic carbocycles. The minimum Gasteiger partial charge on any atom is -0.481 e. The van der Waals surface area contributed by atoms with Crippen molar-refractivity contribution in [2.45, 2.75) is 12.8 Å². The summed E-state index contributed by atoms with van der Waals surface area (Å²) in [6, 6.07) is 7.25. The Morgan fingerprint density at radius 1 is 1.33 bits per heavy atom. The van der Waals surface area contributed by atoms with E-state index in [0.717, 1.165) is 5.56 Å². The molecule has 0 radical (unpaired) electrons. The van der Waals surface area contributed by atoms with Gasteiger partial charge in [-0.25, -0.2) is 0 Å². The van der Waals surface area contributed by atoms with E-state index in [0.29, 0.717) is 12.1 Å². The number of nitrogens with zero attached hydrogens (tertiary/aromatic N) is 1. The van der Waals surface area contributed by atoms with Crippen molar-refractivity contribution in [3.63, 3.8) is 0 Å². The Morgan fingerprint density at radius 3 is 2.50 bits per heavy atom. The van der Waals surface area contributed by atoms with Crippen molar-refractivity contribution in [1.82, 2.24) is 0 Å². The van der Waals surface area contributed by atoms with Gasteiger partial charge in [-0.3, -0.25) is 9.59 Å². The number of anilines is 1. The molecule has 1 atom stereocenters. The molecule has 2 N–H and O–H groups in total. The van der Waals surface area contributed by atoms with Crippen LogP contribution in [0.15, 0.2) is 24.3 Å². The van der Waals surface area contributed by atoms with Crippen LogP contribution in [0.1, 0.15) is 12.0 Å². The lowest BCUT2D eigenvalue weighted by atomic mass is 10.1. The Kier molecular flexibility index (Phi) is 3.62. The molecule has 1 unspecified atom stereocenters. The highest BCUT2D eigenvalue weighted by molar-refractivity contribution is 5.99. The Labute approximate surface area is 105 Å². The number of hydrogen-bond donors (Lipinski definition) is 2. The van der Waals surface area contributed by atoms with E-state index in [4.69, 9.17) is 10.2 Å². The van der Waals surface area contributed by atoms with E-state index in [-0.39, 0.29) is 25.5 Å². The highest BCUT2D eigenvalue weighted by Gasteiger charge is 2.34. The van der Waals surface area contributed by atoms with Crippen LogP contribution >= 0.6 is 0 Å². The van der Waals surface area contributed by atoms with Gasteiger partial charge in [-0.05, 0) is 24.1 Å². The third kappa shape index (κ3) is 2.51. The van der Waals surface area contributed by atoms with Crippen LogP contribution in [0.5, 0.6) is 0 Å². The average Bonchev–Trinajstić information content (AvgIpc) is 2.73. The highest BCUT2D eigenvalue weighted by atomic mass is 16.4. The molecule has 1 aliphatic rings. The van der Waals surface area contributed by atoms with Crippen LogP contribution in [0.3, 0.4) is 0 Å². The molecule has 0 aromatic heterocycles. The van der Waals surface area contributed by atoms with Crippen LogP contribution in [0.4, 0.5) is 5.69 Å². The lowest BCUT2D eigenvalue weighted by Crippen LogP contribution is -2.25. The number of carboxylic acids is 1. The first-order valence-corrected chi connectivity index (χ1v) is 5.85. The van der Waals surface area contributed by atoms with Crippen LogP contribution in [0.2, 0.25) is 0 Å². The van der Waals surface area contributed by atoms with Gasteiger partial charge in [-0.15, -0.1) is 0 Å². The quantitative estimate of drug-likeness (QED) is 0.821. The number of aliphatic hydroxyl groups is 1. The van der Waals surface area contributed by atoms with Gasteiger partial charge in [0.25, 0.3) is 0 Å². The summed E-state index contributed by atoms with van der Waals surface area (Å²) in [6.07, 6.45) is 0.639. The minimum absolute atomic E-state index is 0.0632. The maximum absolute atomic E-state index is 11.7.